The van der Waals surface area contributed by atoms with Gasteiger partial charge in [0.05, 0.1) is 23.7 Å². The van der Waals surface area contributed by atoms with Crippen LogP contribution in [0.2, 0.25) is 0 Å². The van der Waals surface area contributed by atoms with Crippen LogP contribution in [0.15, 0.2) is 24.3 Å². The van der Waals surface area contributed by atoms with Crippen molar-refractivity contribution in [3.63, 3.8) is 0 Å². The van der Waals surface area contributed by atoms with E-state index < -0.39 is 22.0 Å². The summed E-state index contributed by atoms with van der Waals surface area (Å²) < 4.78 is 22.6. The Morgan fingerprint density at radius 2 is 2.12 bits per heavy atom. The lowest BCUT2D eigenvalue weighted by molar-refractivity contribution is 0.190. The smallest absolute Gasteiger partial charge is 0.155 e. The van der Waals surface area contributed by atoms with Gasteiger partial charge in [0.15, 0.2) is 9.84 Å². The Labute approximate surface area is 94.2 Å². The molecule has 0 amide bonds. The van der Waals surface area contributed by atoms with Gasteiger partial charge in [-0.05, 0) is 18.2 Å². The second kappa shape index (κ2) is 3.95. The van der Waals surface area contributed by atoms with E-state index in [9.17, 15) is 13.5 Å². The van der Waals surface area contributed by atoms with Gasteiger partial charge in [-0.2, -0.15) is 0 Å². The van der Waals surface area contributed by atoms with E-state index >= 15 is 0 Å². The molecular weight excluding hydrogens is 228 g/mol. The standard InChI is InChI=1S/C10H14N2O3S/c11-7-2-1-3-8(4-7)12-9-5-16(14,15)6-10(9)13/h1-4,9-10,12-13H,5-6,11H2/t9-,10+/m0/s1. The van der Waals surface area contributed by atoms with Crippen molar-refractivity contribution in [1.82, 2.24) is 0 Å². The highest BCUT2D eigenvalue weighted by atomic mass is 32.2. The summed E-state index contributed by atoms with van der Waals surface area (Å²) in [5.41, 5.74) is 6.92. The number of hydrogen-bond acceptors (Lipinski definition) is 5. The Balaban J connectivity index is 2.11. The minimum atomic E-state index is -3.12. The van der Waals surface area contributed by atoms with Crippen LogP contribution >= 0.6 is 0 Å². The van der Waals surface area contributed by atoms with Gasteiger partial charge in [0.1, 0.15) is 0 Å². The maximum Gasteiger partial charge on any atom is 0.155 e. The minimum Gasteiger partial charge on any atom is -0.399 e. The molecule has 2 rings (SSSR count). The first-order valence-electron chi connectivity index (χ1n) is 4.97. The van der Waals surface area contributed by atoms with Crippen molar-refractivity contribution in [2.75, 3.05) is 22.6 Å². The average molecular weight is 242 g/mol. The third-order valence-electron chi connectivity index (χ3n) is 2.56. The summed E-state index contributed by atoms with van der Waals surface area (Å²) in [6.45, 7) is 0. The van der Waals surface area contributed by atoms with Gasteiger partial charge in [0, 0.05) is 11.4 Å². The molecule has 0 radical (unpaired) electrons. The fourth-order valence-electron chi connectivity index (χ4n) is 1.81. The molecule has 1 saturated heterocycles. The molecule has 0 aliphatic carbocycles. The van der Waals surface area contributed by atoms with Crippen molar-refractivity contribution in [3.05, 3.63) is 24.3 Å². The van der Waals surface area contributed by atoms with Crippen molar-refractivity contribution >= 4 is 21.2 Å². The number of aliphatic hydroxyl groups is 1. The molecule has 1 aliphatic rings. The summed E-state index contributed by atoms with van der Waals surface area (Å²) in [6.07, 6.45) is -0.855. The number of nitrogens with one attached hydrogen (secondary N) is 1. The minimum absolute atomic E-state index is 0.0387. The van der Waals surface area contributed by atoms with Crippen LogP contribution in [-0.2, 0) is 9.84 Å². The number of rotatable bonds is 2. The van der Waals surface area contributed by atoms with Crippen molar-refractivity contribution in [2.24, 2.45) is 0 Å². The Morgan fingerprint density at radius 1 is 1.38 bits per heavy atom. The second-order valence-corrected chi connectivity index (χ2v) is 6.17. The number of hydrogen-bond donors (Lipinski definition) is 3. The van der Waals surface area contributed by atoms with E-state index in [0.29, 0.717) is 5.69 Å². The molecule has 1 aromatic rings. The van der Waals surface area contributed by atoms with Gasteiger partial charge in [-0.1, -0.05) is 6.07 Å². The maximum absolute atomic E-state index is 11.3. The van der Waals surface area contributed by atoms with Gasteiger partial charge in [-0.15, -0.1) is 0 Å². The Bertz CT molecular complexity index is 487. The van der Waals surface area contributed by atoms with E-state index in [1.54, 1.807) is 24.3 Å². The quantitative estimate of drug-likeness (QED) is 0.627. The van der Waals surface area contributed by atoms with Crippen molar-refractivity contribution in [1.29, 1.82) is 0 Å². The molecule has 4 N–H and O–H groups in total. The predicted octanol–water partition coefficient (Wildman–Crippen LogP) is -0.161. The number of benzene rings is 1. The average Bonchev–Trinajstić information content (AvgIpc) is 2.39. The fraction of sp³-hybridized carbons (Fsp3) is 0.400. The van der Waals surface area contributed by atoms with Gasteiger partial charge in [0.2, 0.25) is 0 Å². The number of aliphatic hydroxyl groups excluding tert-OH is 1. The third-order valence-corrected chi connectivity index (χ3v) is 4.28. The van der Waals surface area contributed by atoms with E-state index in [4.69, 9.17) is 5.73 Å². The summed E-state index contributed by atoms with van der Waals surface area (Å²) in [5, 5.41) is 12.6. The molecule has 1 heterocycles. The number of nitrogens with two attached hydrogens (primary N) is 1. The molecule has 0 bridgehead atoms. The zero-order valence-corrected chi connectivity index (χ0v) is 9.44. The van der Waals surface area contributed by atoms with Crippen LogP contribution in [-0.4, -0.2) is 37.2 Å². The SMILES string of the molecule is Nc1cccc(N[C@H]2CS(=O)(=O)C[C@H]2O)c1. The summed E-state index contributed by atoms with van der Waals surface area (Å²) in [5.74, 6) is -0.212. The molecule has 0 saturated carbocycles. The molecule has 0 unspecified atom stereocenters. The van der Waals surface area contributed by atoms with Crippen molar-refractivity contribution in [2.45, 2.75) is 12.1 Å². The zero-order chi connectivity index (χ0) is 11.8. The molecule has 16 heavy (non-hydrogen) atoms. The van der Waals surface area contributed by atoms with Crippen LogP contribution in [0.4, 0.5) is 11.4 Å². The lowest BCUT2D eigenvalue weighted by Gasteiger charge is -2.16. The first kappa shape index (κ1) is 11.2. The molecule has 1 aromatic carbocycles. The van der Waals surface area contributed by atoms with E-state index in [1.165, 1.54) is 0 Å². The first-order chi connectivity index (χ1) is 7.46. The van der Waals surface area contributed by atoms with Gasteiger partial charge < -0.3 is 16.2 Å². The molecule has 0 spiro atoms. The summed E-state index contributed by atoms with van der Waals surface area (Å²) >= 11 is 0. The lowest BCUT2D eigenvalue weighted by Crippen LogP contribution is -2.31. The molecule has 1 fully saturated rings. The van der Waals surface area contributed by atoms with Crippen LogP contribution in [0, 0.1) is 0 Å². The van der Waals surface area contributed by atoms with Gasteiger partial charge >= 0.3 is 0 Å². The van der Waals surface area contributed by atoms with Crippen LogP contribution in [0.1, 0.15) is 0 Å². The first-order valence-corrected chi connectivity index (χ1v) is 6.79. The summed E-state index contributed by atoms with van der Waals surface area (Å²) in [6, 6.07) is 6.55. The normalized spacial score (nSPS) is 27.8. The summed E-state index contributed by atoms with van der Waals surface area (Å²) in [4.78, 5) is 0. The summed E-state index contributed by atoms with van der Waals surface area (Å²) in [7, 11) is -3.12. The van der Waals surface area contributed by atoms with E-state index in [-0.39, 0.29) is 11.5 Å². The van der Waals surface area contributed by atoms with Crippen LogP contribution < -0.4 is 11.1 Å². The number of sulfone groups is 1. The van der Waals surface area contributed by atoms with E-state index in [0.717, 1.165) is 5.69 Å². The maximum atomic E-state index is 11.3. The molecule has 2 atom stereocenters. The Kier molecular flexibility index (Phi) is 2.77. The molecule has 1 aliphatic heterocycles. The van der Waals surface area contributed by atoms with Gasteiger partial charge in [0.25, 0.3) is 0 Å². The Morgan fingerprint density at radius 3 is 2.69 bits per heavy atom. The predicted molar refractivity (Wildman–Crippen MR) is 62.9 cm³/mol. The van der Waals surface area contributed by atoms with Gasteiger partial charge in [-0.3, -0.25) is 0 Å². The van der Waals surface area contributed by atoms with Crippen LogP contribution in [0.3, 0.4) is 0 Å². The largest absolute Gasteiger partial charge is 0.399 e. The molecule has 5 nitrogen and oxygen atoms in total. The second-order valence-electron chi connectivity index (χ2n) is 4.02. The fourth-order valence-corrected chi connectivity index (χ4v) is 3.55. The molecule has 88 valence electrons. The monoisotopic (exact) mass is 242 g/mol. The topological polar surface area (TPSA) is 92.4 Å². The van der Waals surface area contributed by atoms with E-state index in [2.05, 4.69) is 5.32 Å². The highest BCUT2D eigenvalue weighted by Gasteiger charge is 2.36. The lowest BCUT2D eigenvalue weighted by atomic mass is 10.2. The molecular formula is C10H14N2O3S. The van der Waals surface area contributed by atoms with Crippen molar-refractivity contribution < 1.29 is 13.5 Å². The number of anilines is 2. The van der Waals surface area contributed by atoms with Crippen LogP contribution in [0.5, 0.6) is 0 Å². The number of nitrogen functional groups attached to an aromatic ring is 1. The van der Waals surface area contributed by atoms with Crippen LogP contribution in [0.25, 0.3) is 0 Å². The third kappa shape index (κ3) is 2.45. The molecule has 6 heteroatoms. The zero-order valence-electron chi connectivity index (χ0n) is 8.63. The van der Waals surface area contributed by atoms with Gasteiger partial charge in [-0.25, -0.2) is 8.42 Å². The molecule has 0 aromatic heterocycles. The highest BCUT2D eigenvalue weighted by molar-refractivity contribution is 7.91. The van der Waals surface area contributed by atoms with E-state index in [1.807, 2.05) is 0 Å². The Hall–Kier alpha value is -1.27. The van der Waals surface area contributed by atoms with Crippen molar-refractivity contribution in [3.8, 4) is 0 Å². The highest BCUT2D eigenvalue weighted by Crippen LogP contribution is 2.19.